The summed E-state index contributed by atoms with van der Waals surface area (Å²) in [6, 6.07) is 19.4. The van der Waals surface area contributed by atoms with Crippen molar-refractivity contribution in [2.24, 2.45) is 11.8 Å². The molecule has 1 amide bonds. The van der Waals surface area contributed by atoms with Crippen LogP contribution in [0.15, 0.2) is 66.9 Å². The first-order valence-corrected chi connectivity index (χ1v) is 12.6. The molecule has 1 saturated heterocycles. The highest BCUT2D eigenvalue weighted by Crippen LogP contribution is 2.34. The minimum Gasteiger partial charge on any atom is -0.342 e. The van der Waals surface area contributed by atoms with E-state index >= 15 is 0 Å². The molecular weight excluding hydrogens is 453 g/mol. The number of benzene rings is 3. The topological polar surface area (TPSA) is 66.8 Å². The predicted molar refractivity (Wildman–Crippen MR) is 138 cm³/mol. The maximum absolute atomic E-state index is 14.0. The number of carbonyl (C=O) groups excluding carboxylic acids is 1. The van der Waals surface area contributed by atoms with Crippen molar-refractivity contribution in [2.75, 3.05) is 13.1 Å². The Balaban J connectivity index is 1.21. The summed E-state index contributed by atoms with van der Waals surface area (Å²) >= 11 is 0. The molecule has 1 aliphatic heterocycles. The number of nitrogens with zero attached hydrogens (tertiary/aromatic N) is 4. The summed E-state index contributed by atoms with van der Waals surface area (Å²) in [6.07, 6.45) is 4.88. The molecule has 7 rings (SSSR count). The van der Waals surface area contributed by atoms with E-state index < -0.39 is 0 Å². The van der Waals surface area contributed by atoms with Crippen LogP contribution in [0.1, 0.15) is 19.3 Å². The number of halogens is 1. The van der Waals surface area contributed by atoms with Gasteiger partial charge in [-0.25, -0.2) is 9.37 Å². The van der Waals surface area contributed by atoms with Crippen molar-refractivity contribution in [3.05, 3.63) is 72.7 Å². The Bertz CT molecular complexity index is 1600. The second-order valence-corrected chi connectivity index (χ2v) is 10.1. The average molecular weight is 480 g/mol. The van der Waals surface area contributed by atoms with E-state index in [4.69, 9.17) is 4.98 Å². The number of rotatable bonds is 5. The van der Waals surface area contributed by atoms with Gasteiger partial charge >= 0.3 is 0 Å². The Hall–Kier alpha value is -4.00. The van der Waals surface area contributed by atoms with Gasteiger partial charge in [-0.1, -0.05) is 30.3 Å². The molecule has 6 nitrogen and oxygen atoms in total. The zero-order chi connectivity index (χ0) is 24.2. The monoisotopic (exact) mass is 479 g/mol. The molecule has 2 aromatic heterocycles. The third-order valence-electron chi connectivity index (χ3n) is 7.59. The van der Waals surface area contributed by atoms with Crippen molar-refractivity contribution >= 4 is 27.8 Å². The van der Waals surface area contributed by atoms with Gasteiger partial charge in [-0.15, -0.1) is 0 Å². The van der Waals surface area contributed by atoms with Crippen molar-refractivity contribution < 1.29 is 9.18 Å². The zero-order valence-corrected chi connectivity index (χ0v) is 19.8. The van der Waals surface area contributed by atoms with Crippen molar-refractivity contribution in [3.63, 3.8) is 0 Å². The Morgan fingerprint density at radius 2 is 1.78 bits per heavy atom. The van der Waals surface area contributed by atoms with E-state index in [9.17, 15) is 9.18 Å². The number of hydrogen-bond donors (Lipinski definition) is 1. The zero-order valence-electron chi connectivity index (χ0n) is 19.8. The SMILES string of the molecule is O=C(C1CC1)N1CCC(Cn2c(-c3ccc(-c4ccc5[nH]ncc5c4)cc3)nc3cc(F)ccc32)C1. The van der Waals surface area contributed by atoms with E-state index in [0.29, 0.717) is 17.3 Å². The molecule has 3 heterocycles. The van der Waals surface area contributed by atoms with Crippen molar-refractivity contribution in [1.29, 1.82) is 0 Å². The Labute approximate surface area is 207 Å². The van der Waals surface area contributed by atoms with Gasteiger partial charge in [0, 0.05) is 42.6 Å². The van der Waals surface area contributed by atoms with Gasteiger partial charge < -0.3 is 9.47 Å². The lowest BCUT2D eigenvalue weighted by Crippen LogP contribution is -2.30. The Kier molecular flexibility index (Phi) is 4.91. The van der Waals surface area contributed by atoms with Crippen molar-refractivity contribution in [1.82, 2.24) is 24.6 Å². The van der Waals surface area contributed by atoms with Gasteiger partial charge in [0.05, 0.1) is 22.7 Å². The summed E-state index contributed by atoms with van der Waals surface area (Å²) in [5, 5.41) is 8.17. The number of H-pyrrole nitrogens is 1. The minimum absolute atomic E-state index is 0.254. The molecular formula is C29H26FN5O. The number of aromatic nitrogens is 4. The molecule has 1 aliphatic carbocycles. The van der Waals surface area contributed by atoms with Gasteiger partial charge in [0.1, 0.15) is 11.6 Å². The van der Waals surface area contributed by atoms with Gasteiger partial charge in [-0.05, 0) is 60.6 Å². The number of carbonyl (C=O) groups is 1. The molecule has 1 unspecified atom stereocenters. The van der Waals surface area contributed by atoms with Gasteiger partial charge in [-0.2, -0.15) is 5.10 Å². The molecule has 3 aromatic carbocycles. The number of hydrogen-bond acceptors (Lipinski definition) is 3. The summed E-state index contributed by atoms with van der Waals surface area (Å²) in [5.41, 5.74) is 5.82. The molecule has 36 heavy (non-hydrogen) atoms. The van der Waals surface area contributed by atoms with E-state index in [0.717, 1.165) is 77.8 Å². The standard InChI is InChI=1S/C29H26FN5O/c30-24-8-10-27-26(14-24)32-28(35(27)17-18-11-12-34(16-18)29(36)21-5-6-21)20-3-1-19(2-4-20)22-7-9-25-23(13-22)15-31-33-25/h1-4,7-10,13-15,18,21H,5-6,11-12,16-17H2,(H,31,33). The van der Waals surface area contributed by atoms with Gasteiger partial charge in [0.25, 0.3) is 0 Å². The van der Waals surface area contributed by atoms with Crippen LogP contribution in [-0.2, 0) is 11.3 Å². The molecule has 0 bridgehead atoms. The van der Waals surface area contributed by atoms with Crippen LogP contribution in [0.3, 0.4) is 0 Å². The van der Waals surface area contributed by atoms with Crippen LogP contribution in [0.5, 0.6) is 0 Å². The Morgan fingerprint density at radius 1 is 0.972 bits per heavy atom. The highest BCUT2D eigenvalue weighted by molar-refractivity contribution is 5.85. The van der Waals surface area contributed by atoms with Gasteiger partial charge in [-0.3, -0.25) is 9.89 Å². The lowest BCUT2D eigenvalue weighted by atomic mass is 10.0. The Morgan fingerprint density at radius 3 is 2.61 bits per heavy atom. The summed E-state index contributed by atoms with van der Waals surface area (Å²) in [5.74, 6) is 1.48. The molecule has 2 fully saturated rings. The quantitative estimate of drug-likeness (QED) is 0.355. The number of nitrogens with one attached hydrogen (secondary N) is 1. The van der Waals surface area contributed by atoms with Crippen LogP contribution < -0.4 is 0 Å². The van der Waals surface area contributed by atoms with E-state index in [-0.39, 0.29) is 11.7 Å². The number of aromatic amines is 1. The third kappa shape index (κ3) is 3.75. The number of imidazole rings is 1. The van der Waals surface area contributed by atoms with E-state index in [1.54, 1.807) is 0 Å². The maximum Gasteiger partial charge on any atom is 0.225 e. The first kappa shape index (κ1) is 21.3. The summed E-state index contributed by atoms with van der Waals surface area (Å²) in [4.78, 5) is 19.4. The predicted octanol–water partition coefficient (Wildman–Crippen LogP) is 5.64. The second kappa shape index (κ2) is 8.29. The smallest absolute Gasteiger partial charge is 0.225 e. The molecule has 5 aromatic rings. The van der Waals surface area contributed by atoms with E-state index in [1.807, 2.05) is 23.2 Å². The molecule has 1 atom stereocenters. The molecule has 1 saturated carbocycles. The first-order valence-electron chi connectivity index (χ1n) is 12.6. The van der Waals surface area contributed by atoms with E-state index in [2.05, 4.69) is 51.2 Å². The number of likely N-dealkylation sites (tertiary alicyclic amines) is 1. The minimum atomic E-state index is -0.286. The molecule has 7 heteroatoms. The summed E-state index contributed by atoms with van der Waals surface area (Å²) < 4.78 is 16.2. The van der Waals surface area contributed by atoms with Gasteiger partial charge in [0.15, 0.2) is 0 Å². The van der Waals surface area contributed by atoms with Crippen molar-refractivity contribution in [3.8, 4) is 22.5 Å². The normalized spacial score (nSPS) is 17.9. The van der Waals surface area contributed by atoms with Crippen LogP contribution in [0.25, 0.3) is 44.5 Å². The van der Waals surface area contributed by atoms with Crippen LogP contribution in [-0.4, -0.2) is 43.6 Å². The fraction of sp³-hybridized carbons (Fsp3) is 0.276. The van der Waals surface area contributed by atoms with Gasteiger partial charge in [0.2, 0.25) is 5.91 Å². The molecule has 0 spiro atoms. The van der Waals surface area contributed by atoms with Crippen LogP contribution in [0, 0.1) is 17.7 Å². The lowest BCUT2D eigenvalue weighted by Gasteiger charge is -2.18. The highest BCUT2D eigenvalue weighted by atomic mass is 19.1. The first-order chi connectivity index (χ1) is 17.6. The largest absolute Gasteiger partial charge is 0.342 e. The lowest BCUT2D eigenvalue weighted by molar-refractivity contribution is -0.131. The van der Waals surface area contributed by atoms with Crippen molar-refractivity contribution in [2.45, 2.75) is 25.8 Å². The molecule has 180 valence electrons. The second-order valence-electron chi connectivity index (χ2n) is 10.1. The molecule has 0 radical (unpaired) electrons. The number of amides is 1. The van der Waals surface area contributed by atoms with Crippen LogP contribution in [0.2, 0.25) is 0 Å². The van der Waals surface area contributed by atoms with E-state index in [1.165, 1.54) is 12.1 Å². The number of fused-ring (bicyclic) bond motifs is 2. The summed E-state index contributed by atoms with van der Waals surface area (Å²) in [6.45, 7) is 2.36. The fourth-order valence-electron chi connectivity index (χ4n) is 5.47. The fourth-order valence-corrected chi connectivity index (χ4v) is 5.47. The van der Waals surface area contributed by atoms with Crippen LogP contribution in [0.4, 0.5) is 4.39 Å². The molecule has 1 N–H and O–H groups in total. The highest BCUT2D eigenvalue weighted by Gasteiger charge is 2.36. The average Bonchev–Trinajstić information content (AvgIpc) is 3.30. The summed E-state index contributed by atoms with van der Waals surface area (Å²) in [7, 11) is 0. The van der Waals surface area contributed by atoms with Crippen LogP contribution >= 0.6 is 0 Å². The molecule has 2 aliphatic rings. The third-order valence-corrected chi connectivity index (χ3v) is 7.59. The maximum atomic E-state index is 14.0.